The van der Waals surface area contributed by atoms with Crippen LogP contribution in [0.3, 0.4) is 0 Å². The number of rotatable bonds is 5. The summed E-state index contributed by atoms with van der Waals surface area (Å²) in [4.78, 5) is 16.8. The molecule has 9 nitrogen and oxygen atoms in total. The standard InChI is InChI=1S/C25H22N4O5S/c1-15-24(16(2)34-27-15)17-6-5-7-18(10-17)33-23-9-8-19(35(4,31)32)11-20(23)22-13-28(3)25(30)21-12-26-14-29(21)22/h5-14H,1-4H3. The molecule has 0 amide bonds. The lowest BCUT2D eigenvalue weighted by atomic mass is 10.0. The second-order valence-electron chi connectivity index (χ2n) is 8.34. The van der Waals surface area contributed by atoms with E-state index in [9.17, 15) is 13.2 Å². The number of fused-ring (bicyclic) bond motifs is 1. The van der Waals surface area contributed by atoms with Gasteiger partial charge in [0.2, 0.25) is 0 Å². The summed E-state index contributed by atoms with van der Waals surface area (Å²) in [6.45, 7) is 3.72. The molecule has 5 rings (SSSR count). The van der Waals surface area contributed by atoms with Crippen molar-refractivity contribution in [3.05, 3.63) is 83.0 Å². The number of imidazole rings is 1. The van der Waals surface area contributed by atoms with Gasteiger partial charge in [-0.15, -0.1) is 0 Å². The number of hydrogen-bond donors (Lipinski definition) is 0. The van der Waals surface area contributed by atoms with E-state index in [0.717, 1.165) is 23.1 Å². The highest BCUT2D eigenvalue weighted by Gasteiger charge is 2.19. The first-order chi connectivity index (χ1) is 16.6. The monoisotopic (exact) mass is 490 g/mol. The molecule has 0 N–H and O–H groups in total. The molecule has 0 aliphatic carbocycles. The summed E-state index contributed by atoms with van der Waals surface area (Å²) in [6, 6.07) is 12.1. The lowest BCUT2D eigenvalue weighted by molar-refractivity contribution is 0.393. The van der Waals surface area contributed by atoms with E-state index in [-0.39, 0.29) is 10.5 Å². The van der Waals surface area contributed by atoms with Crippen molar-refractivity contribution in [3.8, 4) is 33.9 Å². The van der Waals surface area contributed by atoms with Crippen LogP contribution in [0, 0.1) is 13.8 Å². The Morgan fingerprint density at radius 2 is 1.89 bits per heavy atom. The van der Waals surface area contributed by atoms with Gasteiger partial charge in [0, 0.05) is 30.6 Å². The van der Waals surface area contributed by atoms with Gasteiger partial charge in [-0.25, -0.2) is 13.4 Å². The maximum atomic E-state index is 12.5. The highest BCUT2D eigenvalue weighted by molar-refractivity contribution is 7.90. The number of nitrogens with zero attached hydrogens (tertiary/aromatic N) is 4. The first-order valence-electron chi connectivity index (χ1n) is 10.7. The summed E-state index contributed by atoms with van der Waals surface area (Å²) >= 11 is 0. The fourth-order valence-electron chi connectivity index (χ4n) is 4.10. The van der Waals surface area contributed by atoms with E-state index in [0.29, 0.717) is 34.0 Å². The summed E-state index contributed by atoms with van der Waals surface area (Å²) in [6.07, 6.45) is 5.76. The summed E-state index contributed by atoms with van der Waals surface area (Å²) in [5, 5.41) is 4.02. The van der Waals surface area contributed by atoms with Gasteiger partial charge in [0.25, 0.3) is 5.56 Å². The van der Waals surface area contributed by atoms with Crippen molar-refractivity contribution < 1.29 is 17.7 Å². The molecule has 0 radical (unpaired) electrons. The fourth-order valence-corrected chi connectivity index (χ4v) is 4.74. The van der Waals surface area contributed by atoms with E-state index < -0.39 is 9.84 Å². The zero-order chi connectivity index (χ0) is 24.9. The number of sulfone groups is 1. The Morgan fingerprint density at radius 1 is 1.09 bits per heavy atom. The van der Waals surface area contributed by atoms with Crippen LogP contribution in [0.4, 0.5) is 0 Å². The Hall–Kier alpha value is -4.18. The maximum Gasteiger partial charge on any atom is 0.276 e. The van der Waals surface area contributed by atoms with Crippen LogP contribution in [0.5, 0.6) is 11.5 Å². The molecule has 0 unspecified atom stereocenters. The highest BCUT2D eigenvalue weighted by atomic mass is 32.2. The normalized spacial score (nSPS) is 11.8. The third-order valence-electron chi connectivity index (χ3n) is 5.79. The predicted molar refractivity (Wildman–Crippen MR) is 130 cm³/mol. The number of hydrogen-bond acceptors (Lipinski definition) is 7. The molecule has 0 aliphatic rings. The Morgan fingerprint density at radius 3 is 2.60 bits per heavy atom. The van der Waals surface area contributed by atoms with Crippen LogP contribution in [0.15, 0.2) is 75.4 Å². The third kappa shape index (κ3) is 4.01. The molecule has 0 atom stereocenters. The quantitative estimate of drug-likeness (QED) is 0.364. The van der Waals surface area contributed by atoms with Crippen molar-refractivity contribution in [1.82, 2.24) is 19.1 Å². The van der Waals surface area contributed by atoms with Crippen LogP contribution in [-0.4, -0.2) is 33.8 Å². The van der Waals surface area contributed by atoms with Crippen molar-refractivity contribution in [2.75, 3.05) is 6.26 Å². The Bertz CT molecular complexity index is 1740. The minimum Gasteiger partial charge on any atom is -0.457 e. The van der Waals surface area contributed by atoms with Crippen LogP contribution < -0.4 is 10.3 Å². The van der Waals surface area contributed by atoms with E-state index in [1.165, 1.54) is 23.2 Å². The molecule has 0 fully saturated rings. The lowest BCUT2D eigenvalue weighted by Crippen LogP contribution is -2.19. The minimum absolute atomic E-state index is 0.131. The molecule has 0 spiro atoms. The molecule has 0 saturated heterocycles. The number of ether oxygens (including phenoxy) is 1. The molecule has 0 aliphatic heterocycles. The second kappa shape index (κ2) is 8.24. The van der Waals surface area contributed by atoms with Gasteiger partial charge < -0.3 is 13.8 Å². The third-order valence-corrected chi connectivity index (χ3v) is 6.90. The van der Waals surface area contributed by atoms with Gasteiger partial charge in [-0.3, -0.25) is 9.20 Å². The van der Waals surface area contributed by atoms with E-state index in [4.69, 9.17) is 9.26 Å². The zero-order valence-electron chi connectivity index (χ0n) is 19.5. The summed E-state index contributed by atoms with van der Waals surface area (Å²) in [5.74, 6) is 1.66. The summed E-state index contributed by atoms with van der Waals surface area (Å²) < 4.78 is 39.3. The average Bonchev–Trinajstić information content (AvgIpc) is 3.43. The number of aromatic nitrogens is 4. The van der Waals surface area contributed by atoms with Gasteiger partial charge >= 0.3 is 0 Å². The van der Waals surface area contributed by atoms with Crippen LogP contribution >= 0.6 is 0 Å². The molecule has 0 saturated carbocycles. The molecule has 10 heteroatoms. The van der Waals surface area contributed by atoms with E-state index >= 15 is 0 Å². The number of aryl methyl sites for hydroxylation is 3. The molecule has 178 valence electrons. The Balaban J connectivity index is 1.68. The SMILES string of the molecule is Cc1noc(C)c1-c1cccc(Oc2ccc(S(C)(=O)=O)cc2-c2cn(C)c(=O)c3cncn23)c1. The molecule has 2 aromatic carbocycles. The van der Waals surface area contributed by atoms with E-state index in [2.05, 4.69) is 10.1 Å². The topological polar surface area (TPSA) is 109 Å². The fraction of sp³-hybridized carbons (Fsp3) is 0.160. The van der Waals surface area contributed by atoms with Crippen molar-refractivity contribution in [2.45, 2.75) is 18.7 Å². The second-order valence-corrected chi connectivity index (χ2v) is 10.4. The highest BCUT2D eigenvalue weighted by Crippen LogP contribution is 2.37. The molecule has 3 aromatic heterocycles. The molecule has 5 aromatic rings. The zero-order valence-corrected chi connectivity index (χ0v) is 20.3. The van der Waals surface area contributed by atoms with Crippen LogP contribution in [0.2, 0.25) is 0 Å². The summed E-state index contributed by atoms with van der Waals surface area (Å²) in [7, 11) is -1.86. The van der Waals surface area contributed by atoms with Crippen molar-refractivity contribution in [2.24, 2.45) is 7.05 Å². The van der Waals surface area contributed by atoms with Gasteiger partial charge in [-0.2, -0.15) is 0 Å². The van der Waals surface area contributed by atoms with E-state index in [1.54, 1.807) is 29.8 Å². The van der Waals surface area contributed by atoms with Crippen molar-refractivity contribution in [3.63, 3.8) is 0 Å². The first-order valence-corrected chi connectivity index (χ1v) is 12.6. The van der Waals surface area contributed by atoms with Gasteiger partial charge in [0.15, 0.2) is 9.84 Å². The van der Waals surface area contributed by atoms with Crippen molar-refractivity contribution >= 4 is 15.4 Å². The molecule has 35 heavy (non-hydrogen) atoms. The van der Waals surface area contributed by atoms with Gasteiger partial charge in [-0.1, -0.05) is 17.3 Å². The minimum atomic E-state index is -3.49. The summed E-state index contributed by atoms with van der Waals surface area (Å²) in [5.41, 5.74) is 3.73. The smallest absolute Gasteiger partial charge is 0.276 e. The number of benzene rings is 2. The Labute approximate surface area is 201 Å². The van der Waals surface area contributed by atoms with Crippen molar-refractivity contribution in [1.29, 1.82) is 0 Å². The van der Waals surface area contributed by atoms with Gasteiger partial charge in [0.1, 0.15) is 22.8 Å². The average molecular weight is 491 g/mol. The van der Waals surface area contributed by atoms with Crippen LogP contribution in [-0.2, 0) is 16.9 Å². The molecular formula is C25H22N4O5S. The molecular weight excluding hydrogens is 468 g/mol. The largest absolute Gasteiger partial charge is 0.457 e. The Kier molecular flexibility index (Phi) is 5.32. The van der Waals surface area contributed by atoms with Gasteiger partial charge in [0.05, 0.1) is 28.8 Å². The van der Waals surface area contributed by atoms with Crippen LogP contribution in [0.1, 0.15) is 11.5 Å². The molecule has 0 bridgehead atoms. The molecule has 3 heterocycles. The van der Waals surface area contributed by atoms with E-state index in [1.807, 2.05) is 38.1 Å². The van der Waals surface area contributed by atoms with Crippen LogP contribution in [0.25, 0.3) is 27.9 Å². The first kappa shape index (κ1) is 22.6. The lowest BCUT2D eigenvalue weighted by Gasteiger charge is -2.15. The predicted octanol–water partition coefficient (Wildman–Crippen LogP) is 4.17. The van der Waals surface area contributed by atoms with Gasteiger partial charge in [-0.05, 0) is 49.7 Å². The maximum absolute atomic E-state index is 12.5.